The first kappa shape index (κ1) is 13.2. The molecule has 0 bridgehead atoms. The van der Waals surface area contributed by atoms with Gasteiger partial charge in [0, 0.05) is 18.7 Å². The molecule has 92 valence electrons. The average Bonchev–Trinajstić information content (AvgIpc) is 2.29. The van der Waals surface area contributed by atoms with Crippen LogP contribution in [0.4, 0.5) is 0 Å². The van der Waals surface area contributed by atoms with E-state index < -0.39 is 5.91 Å². The number of benzene rings is 1. The normalized spacial score (nSPS) is 9.94. The number of hydrogen-bond donors (Lipinski definition) is 3. The van der Waals surface area contributed by atoms with Crippen LogP contribution in [0.25, 0.3) is 0 Å². The summed E-state index contributed by atoms with van der Waals surface area (Å²) < 4.78 is 0. The van der Waals surface area contributed by atoms with Gasteiger partial charge in [-0.25, -0.2) is 0 Å². The zero-order valence-corrected chi connectivity index (χ0v) is 9.82. The van der Waals surface area contributed by atoms with E-state index in [-0.39, 0.29) is 12.5 Å². The Labute approximate surface area is 100 Å². The summed E-state index contributed by atoms with van der Waals surface area (Å²) in [6, 6.07) is 7.34. The standard InChI is InChI=1S/C12H17N3O2/c1-9-2-4-10(5-3-9)12(17)15-7-6-14-8-11(13)16/h2-5,14H,6-8H2,1H3,(H2,13,16)(H,15,17). The van der Waals surface area contributed by atoms with Crippen molar-refractivity contribution in [3.05, 3.63) is 35.4 Å². The van der Waals surface area contributed by atoms with Gasteiger partial charge in [0.1, 0.15) is 0 Å². The van der Waals surface area contributed by atoms with Gasteiger partial charge in [0.05, 0.1) is 6.54 Å². The molecule has 0 atom stereocenters. The fourth-order valence-corrected chi connectivity index (χ4v) is 1.28. The predicted molar refractivity (Wildman–Crippen MR) is 65.6 cm³/mol. The van der Waals surface area contributed by atoms with Crippen LogP contribution in [0.3, 0.4) is 0 Å². The number of hydrogen-bond acceptors (Lipinski definition) is 3. The summed E-state index contributed by atoms with van der Waals surface area (Å²) in [7, 11) is 0. The molecule has 1 aromatic rings. The maximum atomic E-state index is 11.6. The van der Waals surface area contributed by atoms with Crippen LogP contribution in [0.15, 0.2) is 24.3 Å². The lowest BCUT2D eigenvalue weighted by atomic mass is 10.1. The fourth-order valence-electron chi connectivity index (χ4n) is 1.28. The highest BCUT2D eigenvalue weighted by molar-refractivity contribution is 5.94. The van der Waals surface area contributed by atoms with E-state index in [0.29, 0.717) is 18.7 Å². The Balaban J connectivity index is 2.25. The monoisotopic (exact) mass is 235 g/mol. The van der Waals surface area contributed by atoms with Crippen molar-refractivity contribution >= 4 is 11.8 Å². The van der Waals surface area contributed by atoms with E-state index in [1.807, 2.05) is 19.1 Å². The lowest BCUT2D eigenvalue weighted by Crippen LogP contribution is -2.35. The van der Waals surface area contributed by atoms with Crippen LogP contribution in [0, 0.1) is 6.92 Å². The van der Waals surface area contributed by atoms with Gasteiger partial charge in [0.15, 0.2) is 0 Å². The number of carbonyl (C=O) groups is 2. The Morgan fingerprint density at radius 2 is 1.82 bits per heavy atom. The quantitative estimate of drug-likeness (QED) is 0.597. The van der Waals surface area contributed by atoms with Crippen LogP contribution >= 0.6 is 0 Å². The van der Waals surface area contributed by atoms with Gasteiger partial charge in [-0.3, -0.25) is 9.59 Å². The molecule has 5 nitrogen and oxygen atoms in total. The van der Waals surface area contributed by atoms with Gasteiger partial charge in [-0.15, -0.1) is 0 Å². The number of nitrogens with one attached hydrogen (secondary N) is 2. The Morgan fingerprint density at radius 3 is 2.41 bits per heavy atom. The second-order valence-corrected chi connectivity index (χ2v) is 3.77. The highest BCUT2D eigenvalue weighted by Gasteiger charge is 2.03. The van der Waals surface area contributed by atoms with Gasteiger partial charge < -0.3 is 16.4 Å². The zero-order valence-electron chi connectivity index (χ0n) is 9.82. The first-order chi connectivity index (χ1) is 8.09. The third-order valence-electron chi connectivity index (χ3n) is 2.20. The summed E-state index contributed by atoms with van der Waals surface area (Å²) in [5.41, 5.74) is 6.70. The van der Waals surface area contributed by atoms with Crippen LogP contribution in [0.5, 0.6) is 0 Å². The molecule has 0 saturated carbocycles. The Bertz CT molecular complexity index is 387. The molecule has 1 rings (SSSR count). The zero-order chi connectivity index (χ0) is 12.7. The average molecular weight is 235 g/mol. The van der Waals surface area contributed by atoms with E-state index in [9.17, 15) is 9.59 Å². The van der Waals surface area contributed by atoms with E-state index in [2.05, 4.69) is 10.6 Å². The summed E-state index contributed by atoms with van der Waals surface area (Å²) in [6.07, 6.45) is 0. The van der Waals surface area contributed by atoms with Crippen molar-refractivity contribution in [1.29, 1.82) is 0 Å². The van der Waals surface area contributed by atoms with Gasteiger partial charge in [0.25, 0.3) is 5.91 Å². The second kappa shape index (κ2) is 6.65. The molecule has 4 N–H and O–H groups in total. The minimum absolute atomic E-state index is 0.120. The molecule has 0 heterocycles. The van der Waals surface area contributed by atoms with Gasteiger partial charge >= 0.3 is 0 Å². The molecule has 2 amide bonds. The number of aryl methyl sites for hydroxylation is 1. The molecule has 1 aromatic carbocycles. The van der Waals surface area contributed by atoms with Crippen LogP contribution in [-0.2, 0) is 4.79 Å². The first-order valence-corrected chi connectivity index (χ1v) is 5.43. The maximum absolute atomic E-state index is 11.6. The number of rotatable bonds is 6. The van der Waals surface area contributed by atoms with Crippen molar-refractivity contribution in [2.45, 2.75) is 6.92 Å². The highest BCUT2D eigenvalue weighted by Crippen LogP contribution is 2.02. The molecular weight excluding hydrogens is 218 g/mol. The van der Waals surface area contributed by atoms with E-state index in [4.69, 9.17) is 5.73 Å². The molecule has 17 heavy (non-hydrogen) atoms. The number of amides is 2. The Kier molecular flexibility index (Phi) is 5.16. The summed E-state index contributed by atoms with van der Waals surface area (Å²) in [6.45, 7) is 3.07. The van der Waals surface area contributed by atoms with Crippen molar-refractivity contribution in [3.63, 3.8) is 0 Å². The minimum atomic E-state index is -0.408. The van der Waals surface area contributed by atoms with Crippen LogP contribution in [-0.4, -0.2) is 31.4 Å². The lowest BCUT2D eigenvalue weighted by Gasteiger charge is -2.06. The Morgan fingerprint density at radius 1 is 1.18 bits per heavy atom. The molecular formula is C12H17N3O2. The lowest BCUT2D eigenvalue weighted by molar-refractivity contribution is -0.117. The second-order valence-electron chi connectivity index (χ2n) is 3.77. The minimum Gasteiger partial charge on any atom is -0.369 e. The Hall–Kier alpha value is -1.88. The van der Waals surface area contributed by atoms with Gasteiger partial charge in [-0.2, -0.15) is 0 Å². The molecule has 0 aliphatic heterocycles. The van der Waals surface area contributed by atoms with Gasteiger partial charge in [-0.1, -0.05) is 17.7 Å². The molecule has 0 aromatic heterocycles. The molecule has 0 aliphatic rings. The third kappa shape index (κ3) is 5.12. The van der Waals surface area contributed by atoms with Crippen molar-refractivity contribution in [3.8, 4) is 0 Å². The topological polar surface area (TPSA) is 84.2 Å². The van der Waals surface area contributed by atoms with Crippen LogP contribution in [0.2, 0.25) is 0 Å². The number of carbonyl (C=O) groups excluding carboxylic acids is 2. The summed E-state index contributed by atoms with van der Waals surface area (Å²) in [5.74, 6) is -0.527. The largest absolute Gasteiger partial charge is 0.369 e. The van der Waals surface area contributed by atoms with Gasteiger partial charge in [-0.05, 0) is 19.1 Å². The van der Waals surface area contributed by atoms with Crippen LogP contribution in [0.1, 0.15) is 15.9 Å². The fraction of sp³-hybridized carbons (Fsp3) is 0.333. The molecule has 0 fully saturated rings. The molecule has 5 heteroatoms. The first-order valence-electron chi connectivity index (χ1n) is 5.43. The van der Waals surface area contributed by atoms with E-state index in [0.717, 1.165) is 5.56 Å². The van der Waals surface area contributed by atoms with E-state index >= 15 is 0 Å². The number of nitrogens with two attached hydrogens (primary N) is 1. The van der Waals surface area contributed by atoms with E-state index in [1.165, 1.54) is 0 Å². The third-order valence-corrected chi connectivity index (χ3v) is 2.20. The van der Waals surface area contributed by atoms with Crippen molar-refractivity contribution in [1.82, 2.24) is 10.6 Å². The summed E-state index contributed by atoms with van der Waals surface area (Å²) in [4.78, 5) is 22.0. The maximum Gasteiger partial charge on any atom is 0.251 e. The highest BCUT2D eigenvalue weighted by atomic mass is 16.2. The molecule has 0 unspecified atom stereocenters. The molecule has 0 radical (unpaired) electrons. The van der Waals surface area contributed by atoms with Crippen molar-refractivity contribution in [2.75, 3.05) is 19.6 Å². The summed E-state index contributed by atoms with van der Waals surface area (Å²) >= 11 is 0. The smallest absolute Gasteiger partial charge is 0.251 e. The van der Waals surface area contributed by atoms with Gasteiger partial charge in [0.2, 0.25) is 5.91 Å². The number of primary amides is 1. The predicted octanol–water partition coefficient (Wildman–Crippen LogP) is -0.200. The van der Waals surface area contributed by atoms with E-state index in [1.54, 1.807) is 12.1 Å². The molecule has 0 saturated heterocycles. The van der Waals surface area contributed by atoms with Crippen molar-refractivity contribution < 1.29 is 9.59 Å². The summed E-state index contributed by atoms with van der Waals surface area (Å²) in [5, 5.41) is 5.55. The van der Waals surface area contributed by atoms with Crippen LogP contribution < -0.4 is 16.4 Å². The molecule has 0 aliphatic carbocycles. The molecule has 0 spiro atoms. The van der Waals surface area contributed by atoms with Crippen molar-refractivity contribution in [2.24, 2.45) is 5.73 Å². The SMILES string of the molecule is Cc1ccc(C(=O)NCCNCC(N)=O)cc1.